The molecule has 9 heteroatoms. The number of amides is 1. The van der Waals surface area contributed by atoms with Gasteiger partial charge in [-0.1, -0.05) is 24.4 Å². The first-order chi connectivity index (χ1) is 14.5. The molecular weight excluding hydrogens is 400 g/mol. The summed E-state index contributed by atoms with van der Waals surface area (Å²) in [5.74, 6) is 0.896. The average Bonchev–Trinajstić information content (AvgIpc) is 3.20. The maximum Gasteiger partial charge on any atom is 0.268 e. The van der Waals surface area contributed by atoms with Crippen LogP contribution in [-0.4, -0.2) is 47.0 Å². The number of hydrogen-bond acceptors (Lipinski definition) is 7. The largest absolute Gasteiger partial charge is 0.487 e. The second kappa shape index (κ2) is 8.39. The number of fused-ring (bicyclic) bond motifs is 1. The quantitative estimate of drug-likeness (QED) is 0.762. The first-order valence-corrected chi connectivity index (χ1v) is 9.73. The zero-order chi connectivity index (χ0) is 21.1. The van der Waals surface area contributed by atoms with Gasteiger partial charge in [0.05, 0.1) is 17.3 Å². The van der Waals surface area contributed by atoms with E-state index >= 15 is 0 Å². The number of nitriles is 1. The van der Waals surface area contributed by atoms with E-state index < -0.39 is 6.04 Å². The monoisotopic (exact) mass is 418 g/mol. The van der Waals surface area contributed by atoms with E-state index in [4.69, 9.17) is 22.2 Å². The van der Waals surface area contributed by atoms with Gasteiger partial charge < -0.3 is 15.0 Å². The smallest absolute Gasteiger partial charge is 0.268 e. The molecule has 0 saturated heterocycles. The Hall–Kier alpha value is -3.64. The molecule has 1 amide bonds. The van der Waals surface area contributed by atoms with Gasteiger partial charge in [-0.3, -0.25) is 4.79 Å². The van der Waals surface area contributed by atoms with E-state index in [1.807, 2.05) is 24.3 Å². The third-order valence-corrected chi connectivity index (χ3v) is 5.38. The lowest BCUT2D eigenvalue weighted by Gasteiger charge is -2.22. The summed E-state index contributed by atoms with van der Waals surface area (Å²) >= 11 is 5.54. The fourth-order valence-electron chi connectivity index (χ4n) is 3.28. The van der Waals surface area contributed by atoms with E-state index in [1.54, 1.807) is 30.3 Å². The molecule has 0 radical (unpaired) electrons. The third-order valence-electron chi connectivity index (χ3n) is 4.82. The minimum absolute atomic E-state index is 0.204. The van der Waals surface area contributed by atoms with Crippen LogP contribution in [0.3, 0.4) is 0 Å². The van der Waals surface area contributed by atoms with Crippen molar-refractivity contribution in [3.63, 3.8) is 0 Å². The number of carbonyl (C=O) groups excluding carboxylic acids is 1. The molecule has 2 aliphatic rings. The zero-order valence-corrected chi connectivity index (χ0v) is 17.0. The Bertz CT molecular complexity index is 1120. The van der Waals surface area contributed by atoms with E-state index in [0.717, 1.165) is 11.3 Å². The van der Waals surface area contributed by atoms with E-state index in [9.17, 15) is 4.79 Å². The van der Waals surface area contributed by atoms with E-state index in [1.165, 1.54) is 0 Å². The fourth-order valence-corrected chi connectivity index (χ4v) is 3.49. The molecule has 0 fully saturated rings. The number of nitrogens with one attached hydrogen (secondary N) is 1. The summed E-state index contributed by atoms with van der Waals surface area (Å²) in [4.78, 5) is 19.3. The Balaban J connectivity index is 1.37. The minimum atomic E-state index is -0.495. The lowest BCUT2D eigenvalue weighted by Crippen LogP contribution is -2.50. The van der Waals surface area contributed by atoms with Gasteiger partial charge in [0.15, 0.2) is 11.6 Å². The molecule has 1 aromatic carbocycles. The normalized spacial score (nSPS) is 17.8. The van der Waals surface area contributed by atoms with Gasteiger partial charge in [-0.25, -0.2) is 4.98 Å². The van der Waals surface area contributed by atoms with Crippen LogP contribution in [0.25, 0.3) is 0 Å². The highest BCUT2D eigenvalue weighted by molar-refractivity contribution is 7.80. The maximum absolute atomic E-state index is 12.7. The summed E-state index contributed by atoms with van der Waals surface area (Å²) in [6.07, 6.45) is 2.55. The van der Waals surface area contributed by atoms with Crippen molar-refractivity contribution in [2.75, 3.05) is 18.6 Å². The van der Waals surface area contributed by atoms with Gasteiger partial charge in [0.1, 0.15) is 23.3 Å². The van der Waals surface area contributed by atoms with Gasteiger partial charge in [0.25, 0.3) is 5.91 Å². The number of carbonyl (C=O) groups is 1. The highest BCUT2D eigenvalue weighted by Crippen LogP contribution is 2.27. The number of rotatable bonds is 4. The van der Waals surface area contributed by atoms with Gasteiger partial charge >= 0.3 is 0 Å². The number of thiocarbonyl (C=S) groups is 1. The lowest BCUT2D eigenvalue weighted by atomic mass is 10.0. The number of ether oxygens (including phenoxy) is 1. The molecule has 3 heterocycles. The minimum Gasteiger partial charge on any atom is -0.487 e. The summed E-state index contributed by atoms with van der Waals surface area (Å²) in [6.45, 7) is 0.204. The number of aromatic nitrogens is 1. The van der Waals surface area contributed by atoms with Crippen molar-refractivity contribution in [3.05, 3.63) is 53.7 Å². The molecule has 1 atom stereocenters. The number of anilines is 1. The molecule has 0 saturated carbocycles. The van der Waals surface area contributed by atoms with Gasteiger partial charge in [0, 0.05) is 26.1 Å². The zero-order valence-electron chi connectivity index (χ0n) is 16.2. The van der Waals surface area contributed by atoms with Gasteiger partial charge in [-0.05, 0) is 29.8 Å². The van der Waals surface area contributed by atoms with Crippen LogP contribution in [-0.2, 0) is 11.2 Å². The molecule has 150 valence electrons. The Kier molecular flexibility index (Phi) is 5.50. The molecule has 2 aromatic rings. The van der Waals surface area contributed by atoms with Crippen LogP contribution in [0.5, 0.6) is 5.75 Å². The maximum atomic E-state index is 12.7. The van der Waals surface area contributed by atoms with Crippen LogP contribution in [0, 0.1) is 11.3 Å². The second-order valence-electron chi connectivity index (χ2n) is 6.94. The number of hydrogen-bond donors (Lipinski definition) is 1. The first kappa shape index (κ1) is 19.7. The molecule has 0 aliphatic carbocycles. The highest BCUT2D eigenvalue weighted by Gasteiger charge is 2.30. The first-order valence-electron chi connectivity index (χ1n) is 9.32. The Morgan fingerprint density at radius 1 is 1.37 bits per heavy atom. The van der Waals surface area contributed by atoms with Crippen molar-refractivity contribution in [3.8, 4) is 11.8 Å². The van der Waals surface area contributed by atoms with Gasteiger partial charge in [-0.15, -0.1) is 5.10 Å². The molecule has 0 bridgehead atoms. The van der Waals surface area contributed by atoms with Crippen molar-refractivity contribution >= 4 is 40.4 Å². The second-order valence-corrected chi connectivity index (χ2v) is 7.36. The van der Waals surface area contributed by atoms with Crippen molar-refractivity contribution in [1.29, 1.82) is 5.26 Å². The fraction of sp³-hybridized carbons (Fsp3) is 0.238. The number of benzene rings is 1. The molecule has 2 aliphatic heterocycles. The molecule has 8 nitrogen and oxygen atoms in total. The summed E-state index contributed by atoms with van der Waals surface area (Å²) in [5.41, 5.74) is 2.64. The molecular formula is C21H18N6O2S. The van der Waals surface area contributed by atoms with E-state index in [-0.39, 0.29) is 12.5 Å². The van der Waals surface area contributed by atoms with E-state index in [2.05, 4.69) is 26.6 Å². The van der Waals surface area contributed by atoms with Crippen LogP contribution in [0.15, 0.2) is 52.8 Å². The number of nitrogens with zero attached hydrogens (tertiary/aromatic N) is 5. The standard InChI is InChI=1S/C21H18N6O2S/c1-27-19-18(6-3-7-23-19)29-12-17(21(27)30)24-20(28)16-10-15(25-26-16)9-13-4-2-5-14(8-13)11-22/h2-8,17H,9-10,12H2,1H3,(H,24,28)/t17-/m0/s1. The third kappa shape index (κ3) is 4.04. The Morgan fingerprint density at radius 2 is 2.23 bits per heavy atom. The molecule has 30 heavy (non-hydrogen) atoms. The van der Waals surface area contributed by atoms with Crippen LogP contribution in [0.1, 0.15) is 17.5 Å². The Labute approximate surface area is 178 Å². The lowest BCUT2D eigenvalue weighted by molar-refractivity contribution is -0.115. The number of pyridine rings is 1. The van der Waals surface area contributed by atoms with Crippen molar-refractivity contribution in [2.24, 2.45) is 10.2 Å². The summed E-state index contributed by atoms with van der Waals surface area (Å²) in [5, 5.41) is 20.1. The van der Waals surface area contributed by atoms with Gasteiger partial charge in [-0.2, -0.15) is 10.4 Å². The summed E-state index contributed by atoms with van der Waals surface area (Å²) in [7, 11) is 1.80. The van der Waals surface area contributed by atoms with Crippen molar-refractivity contribution in [1.82, 2.24) is 10.3 Å². The predicted molar refractivity (Wildman–Crippen MR) is 117 cm³/mol. The highest BCUT2D eigenvalue weighted by atomic mass is 32.1. The van der Waals surface area contributed by atoms with Crippen LogP contribution in [0.4, 0.5) is 5.82 Å². The van der Waals surface area contributed by atoms with Crippen LogP contribution >= 0.6 is 12.2 Å². The summed E-state index contributed by atoms with van der Waals surface area (Å²) in [6, 6.07) is 12.5. The van der Waals surface area contributed by atoms with Crippen molar-refractivity contribution < 1.29 is 9.53 Å². The topological polar surface area (TPSA) is 103 Å². The Morgan fingerprint density at radius 3 is 3.07 bits per heavy atom. The molecule has 4 rings (SSSR count). The molecule has 0 spiro atoms. The van der Waals surface area contributed by atoms with Crippen molar-refractivity contribution in [2.45, 2.75) is 18.9 Å². The SMILES string of the molecule is CN1C(=S)[C@@H](NC(=O)C2=NN=C(Cc3cccc(C#N)c3)C2)COc2cccnc21. The average molecular weight is 418 g/mol. The predicted octanol–water partition coefficient (Wildman–Crippen LogP) is 2.04. The molecule has 1 aromatic heterocycles. The van der Waals surface area contributed by atoms with Crippen LogP contribution < -0.4 is 15.0 Å². The van der Waals surface area contributed by atoms with E-state index in [0.29, 0.717) is 40.7 Å². The molecule has 1 N–H and O–H groups in total. The number of likely N-dealkylation sites (N-methyl/N-ethyl adjacent to an activating group) is 1. The van der Waals surface area contributed by atoms with Crippen LogP contribution in [0.2, 0.25) is 0 Å². The van der Waals surface area contributed by atoms with Gasteiger partial charge in [0.2, 0.25) is 0 Å². The molecule has 0 unspecified atom stereocenters. The summed E-state index contributed by atoms with van der Waals surface area (Å²) < 4.78 is 5.79.